The summed E-state index contributed by atoms with van der Waals surface area (Å²) < 4.78 is 16.8. The molecule has 4 heteroatoms. The van der Waals surface area contributed by atoms with Gasteiger partial charge in [-0.05, 0) is 39.3 Å². The van der Waals surface area contributed by atoms with Crippen molar-refractivity contribution in [1.29, 1.82) is 0 Å². The Morgan fingerprint density at radius 3 is 2.40 bits per heavy atom. The number of nitrogens with one attached hydrogen (secondary N) is 1. The Morgan fingerprint density at radius 1 is 1.10 bits per heavy atom. The molecule has 0 saturated carbocycles. The van der Waals surface area contributed by atoms with Crippen LogP contribution in [0.4, 0.5) is 5.69 Å². The largest absolute Gasteiger partial charge is 0.491 e. The van der Waals surface area contributed by atoms with Crippen LogP contribution in [0.15, 0.2) is 24.3 Å². The van der Waals surface area contributed by atoms with Crippen molar-refractivity contribution in [2.45, 2.75) is 46.5 Å². The fraction of sp³-hybridized carbons (Fsp3) is 0.625. The Kier molecular flexibility index (Phi) is 8.07. The maximum Gasteiger partial charge on any atom is 0.174 e. The molecule has 0 aromatic heterocycles. The third kappa shape index (κ3) is 6.26. The molecule has 1 aromatic rings. The van der Waals surface area contributed by atoms with Crippen molar-refractivity contribution in [3.8, 4) is 5.75 Å². The third-order valence-corrected chi connectivity index (χ3v) is 2.92. The van der Waals surface area contributed by atoms with Crippen molar-refractivity contribution in [3.05, 3.63) is 24.3 Å². The molecule has 0 aliphatic carbocycles. The highest BCUT2D eigenvalue weighted by molar-refractivity contribution is 5.48. The first kappa shape index (κ1) is 16.8. The number of hydrogen-bond donors (Lipinski definition) is 1. The molecule has 20 heavy (non-hydrogen) atoms. The van der Waals surface area contributed by atoms with Gasteiger partial charge in [0.2, 0.25) is 0 Å². The van der Waals surface area contributed by atoms with Crippen LogP contribution >= 0.6 is 0 Å². The summed E-state index contributed by atoms with van der Waals surface area (Å²) in [5, 5.41) is 3.32. The summed E-state index contributed by atoms with van der Waals surface area (Å²) in [6.07, 6.45) is 1.00. The first-order valence-electron chi connectivity index (χ1n) is 7.43. The fourth-order valence-corrected chi connectivity index (χ4v) is 1.73. The van der Waals surface area contributed by atoms with Crippen LogP contribution in [0.25, 0.3) is 0 Å². The van der Waals surface area contributed by atoms with Gasteiger partial charge in [-0.2, -0.15) is 0 Å². The summed E-state index contributed by atoms with van der Waals surface area (Å²) in [6, 6.07) is 7.97. The van der Waals surface area contributed by atoms with Gasteiger partial charge in [-0.3, -0.25) is 0 Å². The number of rotatable bonds is 10. The van der Waals surface area contributed by atoms with Crippen molar-refractivity contribution < 1.29 is 14.2 Å². The van der Waals surface area contributed by atoms with Crippen molar-refractivity contribution in [2.75, 3.05) is 25.1 Å². The number of benzene rings is 1. The van der Waals surface area contributed by atoms with Crippen LogP contribution in [0, 0.1) is 0 Å². The summed E-state index contributed by atoms with van der Waals surface area (Å²) in [6.45, 7) is 10.0. The molecule has 0 fully saturated rings. The quantitative estimate of drug-likeness (QED) is 0.664. The molecule has 1 N–H and O–H groups in total. The Bertz CT molecular complexity index is 364. The molecule has 0 spiro atoms. The van der Waals surface area contributed by atoms with E-state index in [4.69, 9.17) is 14.2 Å². The van der Waals surface area contributed by atoms with Crippen LogP contribution in [-0.2, 0) is 9.47 Å². The minimum absolute atomic E-state index is 0.218. The van der Waals surface area contributed by atoms with Gasteiger partial charge in [-0.15, -0.1) is 0 Å². The molecule has 0 aliphatic rings. The summed E-state index contributed by atoms with van der Waals surface area (Å²) in [7, 11) is 0. The lowest BCUT2D eigenvalue weighted by atomic mass is 10.2. The third-order valence-electron chi connectivity index (χ3n) is 2.92. The standard InChI is InChI=1S/C16H27NO3/c1-5-13(4)20-15-10-8-9-14(11-15)17-12-16(18-6-2)19-7-3/h8-11,13,16-17H,5-7,12H2,1-4H3. The summed E-state index contributed by atoms with van der Waals surface area (Å²) in [4.78, 5) is 0. The first-order valence-corrected chi connectivity index (χ1v) is 7.43. The predicted molar refractivity (Wildman–Crippen MR) is 82.4 cm³/mol. The van der Waals surface area contributed by atoms with E-state index in [1.54, 1.807) is 0 Å². The molecule has 0 aliphatic heterocycles. The molecule has 0 saturated heterocycles. The van der Waals surface area contributed by atoms with E-state index in [9.17, 15) is 0 Å². The molecule has 1 unspecified atom stereocenters. The molecule has 0 heterocycles. The maximum absolute atomic E-state index is 5.80. The van der Waals surface area contributed by atoms with E-state index in [-0.39, 0.29) is 12.4 Å². The highest BCUT2D eigenvalue weighted by atomic mass is 16.7. The molecule has 114 valence electrons. The van der Waals surface area contributed by atoms with Gasteiger partial charge in [0.15, 0.2) is 6.29 Å². The minimum atomic E-state index is -0.218. The van der Waals surface area contributed by atoms with E-state index in [0.717, 1.165) is 17.9 Å². The molecule has 1 aromatic carbocycles. The Hall–Kier alpha value is -1.26. The van der Waals surface area contributed by atoms with E-state index in [1.165, 1.54) is 0 Å². The van der Waals surface area contributed by atoms with Crippen LogP contribution < -0.4 is 10.1 Å². The lowest BCUT2D eigenvalue weighted by Crippen LogP contribution is -2.26. The summed E-state index contributed by atoms with van der Waals surface area (Å²) in [5.41, 5.74) is 1.01. The van der Waals surface area contributed by atoms with Crippen molar-refractivity contribution in [1.82, 2.24) is 0 Å². The Balaban J connectivity index is 2.52. The molecule has 0 amide bonds. The van der Waals surface area contributed by atoms with E-state index in [2.05, 4.69) is 19.2 Å². The molecule has 1 rings (SSSR count). The SMILES string of the molecule is CCOC(CNc1cccc(OC(C)CC)c1)OCC. The second-order valence-electron chi connectivity index (χ2n) is 4.59. The lowest BCUT2D eigenvalue weighted by molar-refractivity contribution is -0.126. The van der Waals surface area contributed by atoms with Crippen molar-refractivity contribution in [3.63, 3.8) is 0 Å². The normalized spacial score (nSPS) is 12.4. The number of hydrogen-bond acceptors (Lipinski definition) is 4. The average Bonchev–Trinajstić information content (AvgIpc) is 2.45. The molecule has 4 nitrogen and oxygen atoms in total. The van der Waals surface area contributed by atoms with Gasteiger partial charge in [0.05, 0.1) is 12.6 Å². The summed E-state index contributed by atoms with van der Waals surface area (Å²) >= 11 is 0. The first-order chi connectivity index (χ1) is 9.69. The second kappa shape index (κ2) is 9.61. The van der Waals surface area contributed by atoms with E-state index in [0.29, 0.717) is 19.8 Å². The molecular formula is C16H27NO3. The highest BCUT2D eigenvalue weighted by Crippen LogP contribution is 2.19. The van der Waals surface area contributed by atoms with Crippen LogP contribution in [0.2, 0.25) is 0 Å². The second-order valence-corrected chi connectivity index (χ2v) is 4.59. The van der Waals surface area contributed by atoms with E-state index < -0.39 is 0 Å². The number of ether oxygens (including phenoxy) is 3. The van der Waals surface area contributed by atoms with E-state index >= 15 is 0 Å². The fourth-order valence-electron chi connectivity index (χ4n) is 1.73. The van der Waals surface area contributed by atoms with Gasteiger partial charge < -0.3 is 19.5 Å². The van der Waals surface area contributed by atoms with Crippen LogP contribution in [0.1, 0.15) is 34.1 Å². The van der Waals surface area contributed by atoms with Gasteiger partial charge in [0, 0.05) is 25.0 Å². The molecule has 0 bridgehead atoms. The van der Waals surface area contributed by atoms with Crippen molar-refractivity contribution in [2.24, 2.45) is 0 Å². The summed E-state index contributed by atoms with van der Waals surface area (Å²) in [5.74, 6) is 0.883. The number of anilines is 1. The molecule has 1 atom stereocenters. The monoisotopic (exact) mass is 281 g/mol. The average molecular weight is 281 g/mol. The van der Waals surface area contributed by atoms with E-state index in [1.807, 2.05) is 38.1 Å². The smallest absolute Gasteiger partial charge is 0.174 e. The van der Waals surface area contributed by atoms with Crippen molar-refractivity contribution >= 4 is 5.69 Å². The van der Waals surface area contributed by atoms with Gasteiger partial charge >= 0.3 is 0 Å². The lowest BCUT2D eigenvalue weighted by Gasteiger charge is -2.19. The van der Waals surface area contributed by atoms with Crippen LogP contribution in [0.3, 0.4) is 0 Å². The van der Waals surface area contributed by atoms with Gasteiger partial charge in [-0.25, -0.2) is 0 Å². The highest BCUT2D eigenvalue weighted by Gasteiger charge is 2.08. The van der Waals surface area contributed by atoms with Gasteiger partial charge in [0.1, 0.15) is 5.75 Å². The topological polar surface area (TPSA) is 39.7 Å². The molecular weight excluding hydrogens is 254 g/mol. The Morgan fingerprint density at radius 2 is 1.80 bits per heavy atom. The minimum Gasteiger partial charge on any atom is -0.491 e. The molecule has 0 radical (unpaired) electrons. The Labute approximate surface area is 122 Å². The van der Waals surface area contributed by atoms with Gasteiger partial charge in [-0.1, -0.05) is 13.0 Å². The zero-order chi connectivity index (χ0) is 14.8. The maximum atomic E-state index is 5.80. The van der Waals surface area contributed by atoms with Crippen LogP contribution in [-0.4, -0.2) is 32.2 Å². The van der Waals surface area contributed by atoms with Crippen LogP contribution in [0.5, 0.6) is 5.75 Å². The zero-order valence-electron chi connectivity index (χ0n) is 13.0. The zero-order valence-corrected chi connectivity index (χ0v) is 13.0. The van der Waals surface area contributed by atoms with Gasteiger partial charge in [0.25, 0.3) is 0 Å². The predicted octanol–water partition coefficient (Wildman–Crippen LogP) is 3.67.